The summed E-state index contributed by atoms with van der Waals surface area (Å²) in [5.41, 5.74) is 6.11. The van der Waals surface area contributed by atoms with E-state index in [4.69, 9.17) is 15.5 Å². The van der Waals surface area contributed by atoms with Gasteiger partial charge in [-0.05, 0) is 23.2 Å². The van der Waals surface area contributed by atoms with E-state index in [-0.39, 0.29) is 23.3 Å². The van der Waals surface area contributed by atoms with Crippen molar-refractivity contribution < 1.29 is 19.4 Å². The molecule has 0 aromatic heterocycles. The molecule has 19 heavy (non-hydrogen) atoms. The Kier molecular flexibility index (Phi) is 7.39. The predicted octanol–water partition coefficient (Wildman–Crippen LogP) is 2.35. The van der Waals surface area contributed by atoms with Gasteiger partial charge in [0.2, 0.25) is 0 Å². The number of hydrogen-bond acceptors (Lipinski definition) is 5. The molecule has 0 aromatic rings. The van der Waals surface area contributed by atoms with E-state index in [1.807, 2.05) is 0 Å². The predicted molar refractivity (Wildman–Crippen MR) is 78.1 cm³/mol. The summed E-state index contributed by atoms with van der Waals surface area (Å²) in [6.45, 7) is 12.9. The molecule has 5 N–H and O–H groups in total. The molecular formula is C13H30NO4P. The van der Waals surface area contributed by atoms with Gasteiger partial charge in [-0.25, -0.2) is 0 Å². The first-order chi connectivity index (χ1) is 8.38. The Balaban J connectivity index is 4.55. The van der Waals surface area contributed by atoms with Crippen LogP contribution in [0.5, 0.6) is 0 Å². The molecule has 0 bridgehead atoms. The monoisotopic (exact) mass is 295 g/mol. The van der Waals surface area contributed by atoms with Gasteiger partial charge in [-0.1, -0.05) is 41.5 Å². The van der Waals surface area contributed by atoms with Crippen LogP contribution in [0, 0.1) is 16.7 Å². The zero-order chi connectivity index (χ0) is 15.4. The molecule has 0 radical (unpaired) electrons. The summed E-state index contributed by atoms with van der Waals surface area (Å²) in [5, 5.41) is 9.55. The first-order valence-corrected chi connectivity index (χ1v) is 7.83. The van der Waals surface area contributed by atoms with E-state index in [0.29, 0.717) is 5.92 Å². The lowest BCUT2D eigenvalue weighted by Gasteiger charge is -2.41. The van der Waals surface area contributed by atoms with E-state index in [1.165, 1.54) is 0 Å². The molecule has 0 unspecified atom stereocenters. The van der Waals surface area contributed by atoms with E-state index >= 15 is 0 Å². The van der Waals surface area contributed by atoms with Gasteiger partial charge in [-0.15, -0.1) is 0 Å². The second kappa shape index (κ2) is 7.30. The van der Waals surface area contributed by atoms with Gasteiger partial charge in [0.1, 0.15) is 0 Å². The summed E-state index contributed by atoms with van der Waals surface area (Å²) in [5.74, 6) is 0.530. The second-order valence-electron chi connectivity index (χ2n) is 6.96. The van der Waals surface area contributed by atoms with Gasteiger partial charge in [-0.2, -0.15) is 0 Å². The van der Waals surface area contributed by atoms with Crippen LogP contribution in [0.25, 0.3) is 0 Å². The zero-order valence-corrected chi connectivity index (χ0v) is 13.8. The number of rotatable bonds is 8. The third kappa shape index (κ3) is 6.98. The van der Waals surface area contributed by atoms with Crippen molar-refractivity contribution in [1.29, 1.82) is 0 Å². The fourth-order valence-corrected chi connectivity index (χ4v) is 2.50. The summed E-state index contributed by atoms with van der Waals surface area (Å²) < 4.78 is 4.55. The molecule has 0 spiro atoms. The molecule has 0 fully saturated rings. The Labute approximate surface area is 118 Å². The number of hydrogen-bond donors (Lipinski definition) is 4. The molecule has 0 aliphatic rings. The highest BCUT2D eigenvalue weighted by Crippen LogP contribution is 2.41. The van der Waals surface area contributed by atoms with Crippen LogP contribution in [0.2, 0.25) is 0 Å². The summed E-state index contributed by atoms with van der Waals surface area (Å²) >= 11 is 0. The third-order valence-corrected chi connectivity index (χ3v) is 4.58. The van der Waals surface area contributed by atoms with Crippen molar-refractivity contribution in [3.05, 3.63) is 0 Å². The molecule has 0 saturated carbocycles. The molecule has 0 amide bonds. The molecule has 0 aliphatic heterocycles. The molecule has 6 heteroatoms. The maximum absolute atomic E-state index is 9.55. The minimum absolute atomic E-state index is 0.146. The molecule has 0 heterocycles. The number of aliphatic hydroxyl groups is 1. The van der Waals surface area contributed by atoms with Crippen molar-refractivity contribution in [3.63, 3.8) is 0 Å². The SMILES string of the molecule is CC(C)C(C)(C)CC(C)(C)[C@@H](N)C[C@H](O)OP(O)O. The summed E-state index contributed by atoms with van der Waals surface area (Å²) in [6, 6.07) is -0.282. The molecule has 0 rings (SSSR count). The van der Waals surface area contributed by atoms with Crippen molar-refractivity contribution in [2.75, 3.05) is 0 Å². The quantitative estimate of drug-likeness (QED) is 0.407. The zero-order valence-electron chi connectivity index (χ0n) is 12.9. The van der Waals surface area contributed by atoms with E-state index in [0.717, 1.165) is 6.42 Å². The van der Waals surface area contributed by atoms with Crippen LogP contribution in [0.4, 0.5) is 0 Å². The normalized spacial score (nSPS) is 17.1. The maximum atomic E-state index is 9.55. The lowest BCUT2D eigenvalue weighted by atomic mass is 9.66. The topological polar surface area (TPSA) is 95.9 Å². The van der Waals surface area contributed by atoms with E-state index < -0.39 is 14.9 Å². The lowest BCUT2D eigenvalue weighted by molar-refractivity contribution is -0.0458. The average molecular weight is 295 g/mol. The lowest BCUT2D eigenvalue weighted by Crippen LogP contribution is -2.43. The Morgan fingerprint density at radius 2 is 1.58 bits per heavy atom. The van der Waals surface area contributed by atoms with Crippen molar-refractivity contribution in [1.82, 2.24) is 0 Å². The van der Waals surface area contributed by atoms with Crippen molar-refractivity contribution >= 4 is 8.60 Å². The molecule has 0 saturated heterocycles. The smallest absolute Gasteiger partial charge is 0.329 e. The first kappa shape index (κ1) is 19.2. The summed E-state index contributed by atoms with van der Waals surface area (Å²) in [6.07, 6.45) is -0.141. The van der Waals surface area contributed by atoms with E-state index in [1.54, 1.807) is 0 Å². The third-order valence-electron chi connectivity index (χ3n) is 4.15. The molecule has 0 aliphatic carbocycles. The average Bonchev–Trinajstić information content (AvgIpc) is 2.13. The second-order valence-corrected chi connectivity index (χ2v) is 7.68. The van der Waals surface area contributed by atoms with Gasteiger partial charge in [0.05, 0.1) is 0 Å². The van der Waals surface area contributed by atoms with Crippen LogP contribution in [0.1, 0.15) is 54.4 Å². The van der Waals surface area contributed by atoms with Crippen LogP contribution in [-0.4, -0.2) is 27.2 Å². The molecule has 0 aromatic carbocycles. The number of aliphatic hydroxyl groups excluding tert-OH is 1. The highest BCUT2D eigenvalue weighted by atomic mass is 31.2. The van der Waals surface area contributed by atoms with Crippen molar-refractivity contribution in [2.45, 2.75) is 66.7 Å². The van der Waals surface area contributed by atoms with E-state index in [2.05, 4.69) is 46.1 Å². The fourth-order valence-electron chi connectivity index (χ4n) is 2.20. The van der Waals surface area contributed by atoms with Crippen LogP contribution in [-0.2, 0) is 4.52 Å². The van der Waals surface area contributed by atoms with Crippen molar-refractivity contribution in [2.24, 2.45) is 22.5 Å². The van der Waals surface area contributed by atoms with Gasteiger partial charge in [-0.3, -0.25) is 4.52 Å². The molecule has 2 atom stereocenters. The largest absolute Gasteiger partial charge is 0.367 e. The standard InChI is InChI=1S/C13H30NO4P/c1-9(2)12(3,4)8-13(5,6)10(14)7-11(15)18-19(16)17/h9-11,15-17H,7-8,14H2,1-6H3/t10-,11+/m0/s1. The molecule has 116 valence electrons. The van der Waals surface area contributed by atoms with Crippen LogP contribution in [0.15, 0.2) is 0 Å². The van der Waals surface area contributed by atoms with Gasteiger partial charge in [0.15, 0.2) is 6.29 Å². The van der Waals surface area contributed by atoms with Gasteiger partial charge in [0, 0.05) is 12.5 Å². The van der Waals surface area contributed by atoms with Crippen LogP contribution >= 0.6 is 8.60 Å². The van der Waals surface area contributed by atoms with Gasteiger partial charge < -0.3 is 20.6 Å². The Bertz CT molecular complexity index is 269. The van der Waals surface area contributed by atoms with Gasteiger partial charge in [0.25, 0.3) is 0 Å². The fraction of sp³-hybridized carbons (Fsp3) is 1.00. The summed E-state index contributed by atoms with van der Waals surface area (Å²) in [4.78, 5) is 17.4. The van der Waals surface area contributed by atoms with E-state index in [9.17, 15) is 5.11 Å². The Morgan fingerprint density at radius 3 is 1.95 bits per heavy atom. The number of nitrogens with two attached hydrogens (primary N) is 1. The Morgan fingerprint density at radius 1 is 1.11 bits per heavy atom. The minimum Gasteiger partial charge on any atom is -0.367 e. The minimum atomic E-state index is -2.55. The molecular weight excluding hydrogens is 265 g/mol. The highest BCUT2D eigenvalue weighted by molar-refractivity contribution is 7.39. The van der Waals surface area contributed by atoms with Gasteiger partial charge >= 0.3 is 8.60 Å². The van der Waals surface area contributed by atoms with Crippen LogP contribution < -0.4 is 5.73 Å². The highest BCUT2D eigenvalue weighted by Gasteiger charge is 2.36. The first-order valence-electron chi connectivity index (χ1n) is 6.67. The maximum Gasteiger partial charge on any atom is 0.329 e. The Hall–Kier alpha value is 0.230. The van der Waals surface area contributed by atoms with Crippen molar-refractivity contribution in [3.8, 4) is 0 Å². The molecule has 5 nitrogen and oxygen atoms in total. The summed E-state index contributed by atoms with van der Waals surface area (Å²) in [7, 11) is -2.55. The van der Waals surface area contributed by atoms with Crippen LogP contribution in [0.3, 0.4) is 0 Å².